The predicted octanol–water partition coefficient (Wildman–Crippen LogP) is 0.656. The number of nitrogens with zero attached hydrogens (tertiary/aromatic N) is 1. The van der Waals surface area contributed by atoms with Gasteiger partial charge in [0.15, 0.2) is 0 Å². The van der Waals surface area contributed by atoms with E-state index in [0.29, 0.717) is 13.0 Å². The van der Waals surface area contributed by atoms with Crippen LogP contribution in [0.3, 0.4) is 0 Å². The van der Waals surface area contributed by atoms with E-state index >= 15 is 0 Å². The van der Waals surface area contributed by atoms with E-state index in [1.165, 1.54) is 4.90 Å². The van der Waals surface area contributed by atoms with Crippen LogP contribution >= 0.6 is 0 Å². The van der Waals surface area contributed by atoms with Gasteiger partial charge in [-0.15, -0.1) is 0 Å². The summed E-state index contributed by atoms with van der Waals surface area (Å²) >= 11 is 0. The van der Waals surface area contributed by atoms with E-state index in [9.17, 15) is 9.59 Å². The van der Waals surface area contributed by atoms with E-state index in [-0.39, 0.29) is 41.9 Å². The number of hydrogen-bond acceptors (Lipinski definition) is 2. The topological polar surface area (TPSA) is 57.6 Å². The number of carboxylic acids is 1. The van der Waals surface area contributed by atoms with Crippen LogP contribution in [-0.4, -0.2) is 64.0 Å². The number of carbonyl (C=O) groups is 2. The Morgan fingerprint density at radius 2 is 1.94 bits per heavy atom. The van der Waals surface area contributed by atoms with Gasteiger partial charge in [0.25, 0.3) is 0 Å². The Kier molecular flexibility index (Phi) is 5.85. The Hall–Kier alpha value is -0.840. The van der Waals surface area contributed by atoms with E-state index in [1.807, 2.05) is 30.3 Å². The van der Waals surface area contributed by atoms with Gasteiger partial charge in [0.2, 0.25) is 5.91 Å². The molecule has 0 radical (unpaired) electrons. The van der Waals surface area contributed by atoms with Crippen molar-refractivity contribution in [1.82, 2.24) is 4.90 Å². The van der Waals surface area contributed by atoms with Crippen molar-refractivity contribution in [2.24, 2.45) is 0 Å². The fourth-order valence-corrected chi connectivity index (χ4v) is 2.19. The molecule has 1 aromatic rings. The van der Waals surface area contributed by atoms with Crippen LogP contribution in [0.2, 0.25) is 0 Å². The number of amides is 1. The van der Waals surface area contributed by atoms with Crippen LogP contribution in [0.25, 0.3) is 0 Å². The van der Waals surface area contributed by atoms with E-state index in [1.54, 1.807) is 0 Å². The zero-order valence-electron chi connectivity index (χ0n) is 9.50. The number of aliphatic carboxylic acids is 1. The van der Waals surface area contributed by atoms with Gasteiger partial charge in [-0.1, -0.05) is 30.3 Å². The molecule has 0 aromatic heterocycles. The van der Waals surface area contributed by atoms with Crippen molar-refractivity contribution in [2.45, 2.75) is 25.3 Å². The van der Waals surface area contributed by atoms with E-state index in [0.717, 1.165) is 12.0 Å². The zero-order valence-corrected chi connectivity index (χ0v) is 9.50. The molecule has 1 aliphatic rings. The van der Waals surface area contributed by atoms with Crippen LogP contribution in [0.5, 0.6) is 0 Å². The molecule has 1 atom stereocenters. The minimum absolute atomic E-state index is 0. The molecular formula is C13H16NNaO3. The normalized spacial score (nSPS) is 18.2. The molecule has 1 fully saturated rings. The fourth-order valence-electron chi connectivity index (χ4n) is 2.19. The van der Waals surface area contributed by atoms with Gasteiger partial charge >= 0.3 is 35.5 Å². The predicted molar refractivity (Wildman–Crippen MR) is 69.7 cm³/mol. The second kappa shape index (κ2) is 6.92. The van der Waals surface area contributed by atoms with Crippen molar-refractivity contribution in [3.05, 3.63) is 35.9 Å². The minimum atomic E-state index is -0.899. The monoisotopic (exact) mass is 257 g/mol. The molecule has 1 heterocycles. The number of carbonyl (C=O) groups excluding carboxylic acids is 1. The van der Waals surface area contributed by atoms with Crippen LogP contribution in [0, 0.1) is 0 Å². The molecule has 0 spiro atoms. The number of carboxylic acid groups (broad SMARTS) is 1. The van der Waals surface area contributed by atoms with Crippen LogP contribution in [0.1, 0.15) is 18.4 Å². The quantitative estimate of drug-likeness (QED) is 0.809. The summed E-state index contributed by atoms with van der Waals surface area (Å²) in [5, 5.41) is 9.00. The van der Waals surface area contributed by atoms with E-state index in [2.05, 4.69) is 0 Å². The SMILES string of the molecule is O=C(O)[C@@H]1CCCN1C(=O)Cc1ccccc1.[NaH]. The third kappa shape index (κ3) is 3.57. The summed E-state index contributed by atoms with van der Waals surface area (Å²) in [6.07, 6.45) is 1.62. The number of rotatable bonds is 3. The van der Waals surface area contributed by atoms with E-state index in [4.69, 9.17) is 5.11 Å². The molecule has 1 N–H and O–H groups in total. The standard InChI is InChI=1S/C13H15NO3.Na.H/c15-12(9-10-5-2-1-3-6-10)14-8-4-7-11(14)13(16)17;;/h1-3,5-6,11H,4,7-9H2,(H,16,17);;/t11-;;/m0../s1. The maximum atomic E-state index is 12.0. The summed E-state index contributed by atoms with van der Waals surface area (Å²) < 4.78 is 0. The Balaban J connectivity index is 0.00000162. The number of likely N-dealkylation sites (tertiary alicyclic amines) is 1. The molecule has 0 aliphatic carbocycles. The van der Waals surface area contributed by atoms with Crippen LogP contribution in [0.4, 0.5) is 0 Å². The first-order valence-corrected chi connectivity index (χ1v) is 5.74. The fraction of sp³-hybridized carbons (Fsp3) is 0.385. The Morgan fingerprint density at radius 1 is 1.28 bits per heavy atom. The molecule has 0 bridgehead atoms. The number of hydrogen-bond donors (Lipinski definition) is 1. The van der Waals surface area contributed by atoms with Crippen molar-refractivity contribution in [3.63, 3.8) is 0 Å². The Labute approximate surface area is 128 Å². The third-order valence-electron chi connectivity index (χ3n) is 3.06. The second-order valence-electron chi connectivity index (χ2n) is 4.25. The first kappa shape index (κ1) is 15.2. The molecule has 4 nitrogen and oxygen atoms in total. The number of benzene rings is 1. The molecular weight excluding hydrogens is 241 g/mol. The summed E-state index contributed by atoms with van der Waals surface area (Å²) in [6.45, 7) is 0.558. The van der Waals surface area contributed by atoms with Crippen molar-refractivity contribution < 1.29 is 14.7 Å². The molecule has 1 aliphatic heterocycles. The van der Waals surface area contributed by atoms with Crippen molar-refractivity contribution >= 4 is 41.4 Å². The molecule has 0 unspecified atom stereocenters. The third-order valence-corrected chi connectivity index (χ3v) is 3.06. The molecule has 1 aromatic carbocycles. The molecule has 18 heavy (non-hydrogen) atoms. The van der Waals surface area contributed by atoms with Crippen molar-refractivity contribution in [2.75, 3.05) is 6.54 Å². The van der Waals surface area contributed by atoms with Crippen LogP contribution in [-0.2, 0) is 16.0 Å². The van der Waals surface area contributed by atoms with Gasteiger partial charge in [-0.25, -0.2) is 4.79 Å². The average Bonchev–Trinajstić information content (AvgIpc) is 2.79. The van der Waals surface area contributed by atoms with Gasteiger partial charge in [-0.2, -0.15) is 0 Å². The first-order chi connectivity index (χ1) is 8.18. The molecule has 0 saturated carbocycles. The second-order valence-corrected chi connectivity index (χ2v) is 4.25. The average molecular weight is 257 g/mol. The van der Waals surface area contributed by atoms with Gasteiger partial charge in [0, 0.05) is 6.54 Å². The zero-order chi connectivity index (χ0) is 12.3. The van der Waals surface area contributed by atoms with Gasteiger partial charge in [0.1, 0.15) is 6.04 Å². The van der Waals surface area contributed by atoms with Gasteiger partial charge in [0.05, 0.1) is 6.42 Å². The van der Waals surface area contributed by atoms with Crippen LogP contribution < -0.4 is 0 Å². The van der Waals surface area contributed by atoms with Crippen molar-refractivity contribution in [3.8, 4) is 0 Å². The summed E-state index contributed by atoms with van der Waals surface area (Å²) in [6, 6.07) is 8.77. The van der Waals surface area contributed by atoms with E-state index < -0.39 is 12.0 Å². The molecule has 92 valence electrons. The van der Waals surface area contributed by atoms with Gasteiger partial charge in [-0.05, 0) is 18.4 Å². The van der Waals surface area contributed by atoms with Gasteiger partial charge < -0.3 is 10.0 Å². The first-order valence-electron chi connectivity index (χ1n) is 5.74. The summed E-state index contributed by atoms with van der Waals surface area (Å²) in [5.74, 6) is -0.995. The maximum absolute atomic E-state index is 12.0. The van der Waals surface area contributed by atoms with Crippen molar-refractivity contribution in [1.29, 1.82) is 0 Å². The Morgan fingerprint density at radius 3 is 2.56 bits per heavy atom. The molecule has 2 rings (SSSR count). The van der Waals surface area contributed by atoms with Crippen LogP contribution in [0.15, 0.2) is 30.3 Å². The summed E-state index contributed by atoms with van der Waals surface area (Å²) in [5.41, 5.74) is 0.925. The molecule has 1 saturated heterocycles. The molecule has 1 amide bonds. The van der Waals surface area contributed by atoms with Gasteiger partial charge in [-0.3, -0.25) is 4.79 Å². The molecule has 5 heteroatoms. The summed E-state index contributed by atoms with van der Waals surface area (Å²) in [4.78, 5) is 24.4. The Bertz CT molecular complexity index is 422. The summed E-state index contributed by atoms with van der Waals surface area (Å²) in [7, 11) is 0.